The third kappa shape index (κ3) is 3.52. The summed E-state index contributed by atoms with van der Waals surface area (Å²) in [7, 11) is 0. The lowest BCUT2D eigenvalue weighted by Gasteiger charge is -2.20. The smallest absolute Gasteiger partial charge is 0.136 e. The molecule has 0 amide bonds. The second kappa shape index (κ2) is 9.17. The summed E-state index contributed by atoms with van der Waals surface area (Å²) in [6.07, 6.45) is 0. The fourth-order valence-electron chi connectivity index (χ4n) is 6.73. The van der Waals surface area contributed by atoms with Gasteiger partial charge in [0.1, 0.15) is 17.0 Å². The molecule has 0 atom stereocenters. The van der Waals surface area contributed by atoms with E-state index in [1.165, 1.54) is 0 Å². The van der Waals surface area contributed by atoms with Gasteiger partial charge in [0.2, 0.25) is 0 Å². The summed E-state index contributed by atoms with van der Waals surface area (Å²) in [6.45, 7) is -2.43. The molecule has 0 saturated heterocycles. The summed E-state index contributed by atoms with van der Waals surface area (Å²) < 4.78 is 33.8. The topological polar surface area (TPSA) is 31.0 Å². The Kier molecular flexibility index (Phi) is 4.50. The van der Waals surface area contributed by atoms with Gasteiger partial charge in [0.15, 0.2) is 0 Å². The van der Waals surface area contributed by atoms with Crippen molar-refractivity contribution in [2.45, 2.75) is 6.85 Å². The van der Waals surface area contributed by atoms with Crippen molar-refractivity contribution in [2.24, 2.45) is 0 Å². The molecule has 9 aromatic rings. The zero-order valence-corrected chi connectivity index (χ0v) is 23.1. The number of fused-ring (bicyclic) bond motifs is 6. The van der Waals surface area contributed by atoms with E-state index in [1.807, 2.05) is 89.5 Å². The van der Waals surface area contributed by atoms with Crippen LogP contribution in [0.4, 0.5) is 0 Å². The predicted molar refractivity (Wildman–Crippen MR) is 179 cm³/mol. The molecule has 43 heavy (non-hydrogen) atoms. The van der Waals surface area contributed by atoms with Gasteiger partial charge < -0.3 is 4.42 Å². The zero-order valence-electron chi connectivity index (χ0n) is 26.1. The highest BCUT2D eigenvalue weighted by Crippen LogP contribution is 2.46. The van der Waals surface area contributed by atoms with Crippen LogP contribution < -0.4 is 0 Å². The summed E-state index contributed by atoms with van der Waals surface area (Å²) in [5, 5.41) is 6.02. The van der Waals surface area contributed by atoms with Crippen LogP contribution in [0.25, 0.3) is 82.5 Å². The number of imidazole rings is 1. The Morgan fingerprint density at radius 3 is 2.19 bits per heavy atom. The maximum absolute atomic E-state index is 8.52. The van der Waals surface area contributed by atoms with Crippen molar-refractivity contribution in [1.29, 1.82) is 0 Å². The van der Waals surface area contributed by atoms with Gasteiger partial charge in [0, 0.05) is 25.7 Å². The lowest BCUT2D eigenvalue weighted by Crippen LogP contribution is -2.01. The third-order valence-electron chi connectivity index (χ3n) is 8.56. The van der Waals surface area contributed by atoms with Crippen LogP contribution in [-0.2, 0) is 0 Å². The van der Waals surface area contributed by atoms with Gasteiger partial charge in [-0.3, -0.25) is 4.57 Å². The molecule has 0 fully saturated rings. The Morgan fingerprint density at radius 1 is 0.581 bits per heavy atom. The van der Waals surface area contributed by atoms with Crippen LogP contribution in [0, 0.1) is 6.85 Å². The quantitative estimate of drug-likeness (QED) is 0.204. The zero-order chi connectivity index (χ0) is 31.0. The molecule has 0 unspecified atom stereocenters. The van der Waals surface area contributed by atoms with Crippen LogP contribution in [0.15, 0.2) is 144 Å². The molecule has 0 bridgehead atoms. The molecule has 9 rings (SSSR count). The molecule has 202 valence electrons. The fourth-order valence-corrected chi connectivity index (χ4v) is 6.73. The van der Waals surface area contributed by atoms with Crippen molar-refractivity contribution < 1.29 is 8.53 Å². The van der Waals surface area contributed by atoms with Gasteiger partial charge in [-0.15, -0.1) is 0 Å². The minimum atomic E-state index is -2.43. The Bertz CT molecular complexity index is 2630. The highest BCUT2D eigenvalue weighted by atomic mass is 16.3. The molecule has 3 heteroatoms. The van der Waals surface area contributed by atoms with Gasteiger partial charge in [-0.2, -0.15) is 0 Å². The van der Waals surface area contributed by atoms with Gasteiger partial charge >= 0.3 is 0 Å². The van der Waals surface area contributed by atoms with E-state index in [4.69, 9.17) is 8.53 Å². The first-order valence-corrected chi connectivity index (χ1v) is 14.4. The van der Waals surface area contributed by atoms with Crippen LogP contribution in [0.1, 0.15) is 9.94 Å². The van der Waals surface area contributed by atoms with E-state index in [0.717, 1.165) is 76.9 Å². The molecule has 0 aliphatic carbocycles. The molecular weight excluding hydrogens is 524 g/mol. The maximum atomic E-state index is 8.52. The summed E-state index contributed by atoms with van der Waals surface area (Å²) in [5.74, 6) is 0.0444. The Balaban J connectivity index is 1.51. The van der Waals surface area contributed by atoms with Crippen LogP contribution in [-0.4, -0.2) is 9.55 Å². The van der Waals surface area contributed by atoms with E-state index in [1.54, 1.807) is 0 Å². The molecule has 0 radical (unpaired) electrons. The normalized spacial score (nSPS) is 13.2. The Hall–Kier alpha value is -5.67. The van der Waals surface area contributed by atoms with Gasteiger partial charge in [0.25, 0.3) is 0 Å². The average Bonchev–Trinajstić information content (AvgIpc) is 3.67. The molecular formula is C40H26N2O. The minimum absolute atomic E-state index is 0.0444. The van der Waals surface area contributed by atoms with E-state index in [-0.39, 0.29) is 5.82 Å². The third-order valence-corrected chi connectivity index (χ3v) is 8.56. The number of benzene rings is 7. The highest BCUT2D eigenvalue weighted by Gasteiger charge is 2.22. The van der Waals surface area contributed by atoms with E-state index in [9.17, 15) is 0 Å². The lowest BCUT2D eigenvalue weighted by molar-refractivity contribution is 0.669. The lowest BCUT2D eigenvalue weighted by atomic mass is 9.87. The van der Waals surface area contributed by atoms with Crippen molar-refractivity contribution in [3.05, 3.63) is 145 Å². The number of aromatic nitrogens is 2. The number of nitrogens with zero attached hydrogens (tertiary/aromatic N) is 2. The molecule has 0 aliphatic rings. The van der Waals surface area contributed by atoms with Crippen molar-refractivity contribution in [1.82, 2.24) is 9.55 Å². The molecule has 0 spiro atoms. The van der Waals surface area contributed by atoms with E-state index >= 15 is 0 Å². The second-order valence-electron chi connectivity index (χ2n) is 10.9. The van der Waals surface area contributed by atoms with Crippen LogP contribution in [0.2, 0.25) is 0 Å². The molecule has 3 nitrogen and oxygen atoms in total. The minimum Gasteiger partial charge on any atom is -0.456 e. The van der Waals surface area contributed by atoms with Gasteiger partial charge in [0.05, 0.1) is 16.7 Å². The number of rotatable bonds is 3. The standard InChI is InChI=1S/C40H26N2O/c1-25-41-34-18-8-9-19-35(34)42(25)40-29-15-6-5-14-28(29)38(33-24-27(22-23-30(33)40)26-12-3-2-4-13-26)32-17-11-21-37-39(32)31-16-7-10-20-36(31)43-37/h2-24H,1H3/i1D3. The Morgan fingerprint density at radius 2 is 1.30 bits per heavy atom. The molecule has 0 aliphatic heterocycles. The highest BCUT2D eigenvalue weighted by molar-refractivity contribution is 6.24. The predicted octanol–water partition coefficient (Wildman–Crippen LogP) is 10.9. The van der Waals surface area contributed by atoms with Gasteiger partial charge in [-0.25, -0.2) is 4.98 Å². The first-order valence-electron chi connectivity index (χ1n) is 15.9. The average molecular weight is 554 g/mol. The summed E-state index contributed by atoms with van der Waals surface area (Å²) in [6, 6.07) is 47.2. The number of hydrogen-bond acceptors (Lipinski definition) is 2. The van der Waals surface area contributed by atoms with Crippen LogP contribution in [0.5, 0.6) is 0 Å². The summed E-state index contributed by atoms with van der Waals surface area (Å²) in [4.78, 5) is 4.68. The molecule has 2 aromatic heterocycles. The largest absolute Gasteiger partial charge is 0.456 e. The summed E-state index contributed by atoms with van der Waals surface area (Å²) in [5.41, 5.74) is 8.18. The van der Waals surface area contributed by atoms with Gasteiger partial charge in [-0.1, -0.05) is 109 Å². The second-order valence-corrected chi connectivity index (χ2v) is 10.9. The van der Waals surface area contributed by atoms with E-state index in [2.05, 4.69) is 59.6 Å². The van der Waals surface area contributed by atoms with Gasteiger partial charge in [-0.05, 0) is 70.2 Å². The Labute approximate surface area is 252 Å². The number of para-hydroxylation sites is 3. The number of aryl methyl sites for hydroxylation is 1. The fraction of sp³-hybridized carbons (Fsp3) is 0.0250. The van der Waals surface area contributed by atoms with Crippen LogP contribution in [0.3, 0.4) is 0 Å². The van der Waals surface area contributed by atoms with Crippen molar-refractivity contribution in [2.75, 3.05) is 0 Å². The maximum Gasteiger partial charge on any atom is 0.136 e. The van der Waals surface area contributed by atoms with Crippen LogP contribution >= 0.6 is 0 Å². The SMILES string of the molecule is [2H]C([2H])([2H])c1nc2ccccc2n1-c1c2ccccc2c(-c2cccc3oc4ccccc4c23)c2cc(-c3ccccc3)ccc12. The van der Waals surface area contributed by atoms with E-state index in [0.29, 0.717) is 5.52 Å². The molecule has 0 N–H and O–H groups in total. The van der Waals surface area contributed by atoms with Crippen molar-refractivity contribution >= 4 is 54.5 Å². The number of furan rings is 1. The first kappa shape index (κ1) is 21.1. The van der Waals surface area contributed by atoms with Crippen molar-refractivity contribution in [3.63, 3.8) is 0 Å². The molecule has 2 heterocycles. The summed E-state index contributed by atoms with van der Waals surface area (Å²) >= 11 is 0. The van der Waals surface area contributed by atoms with Crippen molar-refractivity contribution in [3.8, 4) is 27.9 Å². The monoisotopic (exact) mass is 553 g/mol. The van der Waals surface area contributed by atoms with E-state index < -0.39 is 6.85 Å². The molecule has 7 aromatic carbocycles. The first-order chi connectivity index (χ1) is 22.5. The number of hydrogen-bond donors (Lipinski definition) is 0. The molecule has 0 saturated carbocycles.